The molecule has 0 aliphatic rings. The summed E-state index contributed by atoms with van der Waals surface area (Å²) in [7, 11) is 0. The standard InChI is InChI=1S/C17H19BrFN/c1-3-11-5-6-12(4-2)14(9-11)17(20)15-10-13(19)7-8-16(15)18/h5-10,17H,3-4,20H2,1-2H3. The van der Waals surface area contributed by atoms with Gasteiger partial charge in [0.15, 0.2) is 0 Å². The summed E-state index contributed by atoms with van der Waals surface area (Å²) >= 11 is 3.46. The second-order valence-corrected chi connectivity index (χ2v) is 5.74. The first-order valence-corrected chi connectivity index (χ1v) is 7.68. The zero-order valence-corrected chi connectivity index (χ0v) is 13.4. The highest BCUT2D eigenvalue weighted by atomic mass is 79.9. The van der Waals surface area contributed by atoms with Crippen molar-refractivity contribution < 1.29 is 4.39 Å². The van der Waals surface area contributed by atoms with E-state index < -0.39 is 0 Å². The molecule has 2 aromatic rings. The number of halogens is 2. The van der Waals surface area contributed by atoms with Crippen LogP contribution in [0.4, 0.5) is 4.39 Å². The molecule has 20 heavy (non-hydrogen) atoms. The van der Waals surface area contributed by atoms with Crippen molar-refractivity contribution in [3.05, 3.63) is 68.9 Å². The van der Waals surface area contributed by atoms with E-state index in [9.17, 15) is 4.39 Å². The van der Waals surface area contributed by atoms with Gasteiger partial charge >= 0.3 is 0 Å². The van der Waals surface area contributed by atoms with Crippen LogP contribution in [-0.2, 0) is 12.8 Å². The van der Waals surface area contributed by atoms with Gasteiger partial charge in [0, 0.05) is 4.47 Å². The lowest BCUT2D eigenvalue weighted by molar-refractivity contribution is 0.623. The predicted molar refractivity (Wildman–Crippen MR) is 85.3 cm³/mol. The van der Waals surface area contributed by atoms with Crippen LogP contribution in [0.2, 0.25) is 0 Å². The molecule has 2 N–H and O–H groups in total. The summed E-state index contributed by atoms with van der Waals surface area (Å²) < 4.78 is 14.3. The van der Waals surface area contributed by atoms with Crippen LogP contribution in [0.15, 0.2) is 40.9 Å². The van der Waals surface area contributed by atoms with E-state index in [0.717, 1.165) is 28.4 Å². The van der Waals surface area contributed by atoms with Gasteiger partial charge in [-0.1, -0.05) is 48.0 Å². The Balaban J connectivity index is 2.51. The molecule has 1 nitrogen and oxygen atoms in total. The number of benzene rings is 2. The van der Waals surface area contributed by atoms with Gasteiger partial charge < -0.3 is 5.73 Å². The molecule has 0 heterocycles. The van der Waals surface area contributed by atoms with Crippen molar-refractivity contribution in [2.45, 2.75) is 32.7 Å². The van der Waals surface area contributed by atoms with Gasteiger partial charge in [-0.2, -0.15) is 0 Å². The molecule has 0 aromatic heterocycles. The first kappa shape index (κ1) is 15.2. The summed E-state index contributed by atoms with van der Waals surface area (Å²) in [6.07, 6.45) is 1.88. The Kier molecular flexibility index (Phi) is 4.95. The lowest BCUT2D eigenvalue weighted by Crippen LogP contribution is -2.15. The van der Waals surface area contributed by atoms with Gasteiger partial charge in [-0.15, -0.1) is 0 Å². The summed E-state index contributed by atoms with van der Waals surface area (Å²) in [5.74, 6) is -0.261. The third kappa shape index (κ3) is 3.10. The number of rotatable bonds is 4. The van der Waals surface area contributed by atoms with Crippen LogP contribution in [0, 0.1) is 5.82 Å². The Labute approximate surface area is 128 Å². The molecular formula is C17H19BrFN. The van der Waals surface area contributed by atoms with Crippen molar-refractivity contribution in [1.29, 1.82) is 0 Å². The maximum atomic E-state index is 13.5. The fourth-order valence-electron chi connectivity index (χ4n) is 2.40. The van der Waals surface area contributed by atoms with E-state index in [-0.39, 0.29) is 11.9 Å². The minimum atomic E-state index is -0.318. The highest BCUT2D eigenvalue weighted by Gasteiger charge is 2.16. The Morgan fingerprint density at radius 2 is 1.80 bits per heavy atom. The largest absolute Gasteiger partial charge is 0.320 e. The Morgan fingerprint density at radius 1 is 1.05 bits per heavy atom. The van der Waals surface area contributed by atoms with Gasteiger partial charge in [-0.25, -0.2) is 4.39 Å². The number of hydrogen-bond donors (Lipinski definition) is 1. The molecule has 1 atom stereocenters. The second-order valence-electron chi connectivity index (χ2n) is 4.88. The van der Waals surface area contributed by atoms with Crippen molar-refractivity contribution in [2.24, 2.45) is 5.73 Å². The maximum absolute atomic E-state index is 13.5. The fourth-order valence-corrected chi connectivity index (χ4v) is 2.89. The van der Waals surface area contributed by atoms with E-state index in [4.69, 9.17) is 5.73 Å². The Morgan fingerprint density at radius 3 is 2.45 bits per heavy atom. The molecule has 0 bridgehead atoms. The molecular weight excluding hydrogens is 317 g/mol. The summed E-state index contributed by atoms with van der Waals surface area (Å²) in [5, 5.41) is 0. The van der Waals surface area contributed by atoms with Crippen LogP contribution in [0.5, 0.6) is 0 Å². The summed E-state index contributed by atoms with van der Waals surface area (Å²) in [5.41, 5.74) is 10.7. The number of nitrogens with two attached hydrogens (primary N) is 1. The van der Waals surface area contributed by atoms with Crippen molar-refractivity contribution >= 4 is 15.9 Å². The molecule has 0 radical (unpaired) electrons. The average molecular weight is 336 g/mol. The van der Waals surface area contributed by atoms with Gasteiger partial charge in [-0.05, 0) is 53.3 Å². The number of hydrogen-bond acceptors (Lipinski definition) is 1. The highest BCUT2D eigenvalue weighted by Crippen LogP contribution is 2.30. The van der Waals surface area contributed by atoms with E-state index in [1.165, 1.54) is 23.3 Å². The van der Waals surface area contributed by atoms with Crippen LogP contribution in [-0.4, -0.2) is 0 Å². The van der Waals surface area contributed by atoms with Crippen molar-refractivity contribution in [2.75, 3.05) is 0 Å². The quantitative estimate of drug-likeness (QED) is 0.856. The van der Waals surface area contributed by atoms with E-state index in [1.807, 2.05) is 0 Å². The zero-order valence-electron chi connectivity index (χ0n) is 11.8. The molecule has 0 spiro atoms. The molecule has 0 fully saturated rings. The average Bonchev–Trinajstić information content (AvgIpc) is 2.48. The van der Waals surface area contributed by atoms with Crippen LogP contribution in [0.1, 0.15) is 42.1 Å². The normalized spacial score (nSPS) is 12.4. The van der Waals surface area contributed by atoms with Crippen LogP contribution >= 0.6 is 15.9 Å². The zero-order chi connectivity index (χ0) is 14.7. The Hall–Kier alpha value is -1.19. The third-order valence-electron chi connectivity index (χ3n) is 3.63. The monoisotopic (exact) mass is 335 g/mol. The molecule has 106 valence electrons. The van der Waals surface area contributed by atoms with Crippen LogP contribution in [0.3, 0.4) is 0 Å². The minimum absolute atomic E-state index is 0.261. The molecule has 2 aromatic carbocycles. The van der Waals surface area contributed by atoms with Crippen molar-refractivity contribution in [3.8, 4) is 0 Å². The predicted octanol–water partition coefficient (Wildman–Crippen LogP) is 4.76. The Bertz CT molecular complexity index is 610. The SMILES string of the molecule is CCc1ccc(CC)c(C(N)c2cc(F)ccc2Br)c1. The van der Waals surface area contributed by atoms with Gasteiger partial charge in [0.2, 0.25) is 0 Å². The van der Waals surface area contributed by atoms with Gasteiger partial charge in [0.25, 0.3) is 0 Å². The first-order chi connectivity index (χ1) is 9.56. The molecule has 0 saturated carbocycles. The third-order valence-corrected chi connectivity index (χ3v) is 4.35. The van der Waals surface area contributed by atoms with E-state index >= 15 is 0 Å². The van der Waals surface area contributed by atoms with Crippen molar-refractivity contribution in [3.63, 3.8) is 0 Å². The van der Waals surface area contributed by atoms with E-state index in [1.54, 1.807) is 6.07 Å². The summed E-state index contributed by atoms with van der Waals surface area (Å²) in [4.78, 5) is 0. The van der Waals surface area contributed by atoms with Crippen LogP contribution in [0.25, 0.3) is 0 Å². The molecule has 1 unspecified atom stereocenters. The van der Waals surface area contributed by atoms with Gasteiger partial charge in [0.1, 0.15) is 5.82 Å². The second kappa shape index (κ2) is 6.51. The summed E-state index contributed by atoms with van der Waals surface area (Å²) in [6.45, 7) is 4.23. The minimum Gasteiger partial charge on any atom is -0.320 e. The molecule has 0 saturated heterocycles. The lowest BCUT2D eigenvalue weighted by atomic mass is 9.92. The first-order valence-electron chi connectivity index (χ1n) is 6.89. The number of aryl methyl sites for hydroxylation is 2. The summed E-state index contributed by atoms with van der Waals surface area (Å²) in [6, 6.07) is 10.7. The molecule has 2 rings (SSSR count). The molecule has 0 aliphatic heterocycles. The van der Waals surface area contributed by atoms with E-state index in [2.05, 4.69) is 48.0 Å². The van der Waals surface area contributed by atoms with Gasteiger partial charge in [0.05, 0.1) is 6.04 Å². The van der Waals surface area contributed by atoms with E-state index in [0.29, 0.717) is 0 Å². The fraction of sp³-hybridized carbons (Fsp3) is 0.294. The topological polar surface area (TPSA) is 26.0 Å². The van der Waals surface area contributed by atoms with Crippen molar-refractivity contribution in [1.82, 2.24) is 0 Å². The highest BCUT2D eigenvalue weighted by molar-refractivity contribution is 9.10. The molecule has 0 amide bonds. The molecule has 3 heteroatoms. The maximum Gasteiger partial charge on any atom is 0.123 e. The molecule has 0 aliphatic carbocycles. The van der Waals surface area contributed by atoms with Gasteiger partial charge in [-0.3, -0.25) is 0 Å². The van der Waals surface area contributed by atoms with Crippen LogP contribution < -0.4 is 5.73 Å². The lowest BCUT2D eigenvalue weighted by Gasteiger charge is -2.19. The smallest absolute Gasteiger partial charge is 0.123 e.